The number of benzene rings is 1. The van der Waals surface area contributed by atoms with Crippen molar-refractivity contribution >= 4 is 11.8 Å². The molecule has 0 saturated carbocycles. The second-order valence-corrected chi connectivity index (χ2v) is 6.94. The Morgan fingerprint density at radius 2 is 1.81 bits per heavy atom. The molecule has 2 atom stereocenters. The molecule has 2 amide bonds. The molecule has 1 fully saturated rings. The highest BCUT2D eigenvalue weighted by Crippen LogP contribution is 2.30. The van der Waals surface area contributed by atoms with E-state index in [-0.39, 0.29) is 30.1 Å². The number of nitrogens with zero attached hydrogens (tertiary/aromatic N) is 1. The van der Waals surface area contributed by atoms with Crippen LogP contribution in [0.2, 0.25) is 0 Å². The molecule has 2 aromatic rings. The smallest absolute Gasteiger partial charge is 0.230 e. The molecule has 136 valence electrons. The highest BCUT2D eigenvalue weighted by Gasteiger charge is 2.35. The van der Waals surface area contributed by atoms with Gasteiger partial charge in [0.2, 0.25) is 11.8 Å². The van der Waals surface area contributed by atoms with Gasteiger partial charge in [0, 0.05) is 36.4 Å². The fraction of sp³-hybridized carbons (Fsp3) is 0.381. The number of imide groups is 1. The van der Waals surface area contributed by atoms with Crippen molar-refractivity contribution < 1.29 is 14.3 Å². The van der Waals surface area contributed by atoms with Crippen molar-refractivity contribution in [3.05, 3.63) is 58.9 Å². The van der Waals surface area contributed by atoms with Crippen LogP contribution in [0, 0.1) is 19.8 Å². The lowest BCUT2D eigenvalue weighted by molar-refractivity contribution is -0.126. The van der Waals surface area contributed by atoms with Crippen LogP contribution >= 0.6 is 0 Å². The monoisotopic (exact) mass is 352 g/mol. The topological polar surface area (TPSA) is 68.3 Å². The van der Waals surface area contributed by atoms with Crippen LogP contribution in [0.4, 0.5) is 0 Å². The molecule has 5 heteroatoms. The van der Waals surface area contributed by atoms with Crippen LogP contribution in [-0.2, 0) is 16.0 Å². The van der Waals surface area contributed by atoms with E-state index in [4.69, 9.17) is 4.74 Å². The number of aryl methyl sites for hydroxylation is 2. The van der Waals surface area contributed by atoms with Gasteiger partial charge in [0.15, 0.2) is 0 Å². The van der Waals surface area contributed by atoms with Crippen molar-refractivity contribution in [3.63, 3.8) is 0 Å². The van der Waals surface area contributed by atoms with E-state index in [9.17, 15) is 9.59 Å². The highest BCUT2D eigenvalue weighted by molar-refractivity contribution is 6.03. The van der Waals surface area contributed by atoms with Crippen LogP contribution in [0.1, 0.15) is 41.8 Å². The molecular weight excluding hydrogens is 328 g/mol. The first-order valence-corrected chi connectivity index (χ1v) is 8.93. The van der Waals surface area contributed by atoms with Crippen molar-refractivity contribution in [2.24, 2.45) is 5.92 Å². The standard InChI is InChI=1S/C21H24N2O3/c1-13-10-18(11-14(2)22-13)26-9-8-16-4-6-17(7-5-16)15(3)19-12-20(24)23-21(19)25/h4-7,10-11,15,19H,8-9,12H2,1-3H3,(H,23,24,25). The van der Waals surface area contributed by atoms with Gasteiger partial charge in [-0.25, -0.2) is 0 Å². The lowest BCUT2D eigenvalue weighted by Crippen LogP contribution is -2.24. The molecule has 5 nitrogen and oxygen atoms in total. The summed E-state index contributed by atoms with van der Waals surface area (Å²) in [6.07, 6.45) is 1.08. The van der Waals surface area contributed by atoms with Gasteiger partial charge in [0.25, 0.3) is 0 Å². The van der Waals surface area contributed by atoms with Crippen LogP contribution in [0.5, 0.6) is 5.75 Å². The zero-order chi connectivity index (χ0) is 18.7. The van der Waals surface area contributed by atoms with Crippen molar-refractivity contribution in [2.75, 3.05) is 6.61 Å². The number of nitrogens with one attached hydrogen (secondary N) is 1. The number of aromatic nitrogens is 1. The summed E-state index contributed by atoms with van der Waals surface area (Å²) < 4.78 is 5.83. The summed E-state index contributed by atoms with van der Waals surface area (Å²) in [6.45, 7) is 6.50. The number of amides is 2. The van der Waals surface area contributed by atoms with E-state index in [0.717, 1.165) is 29.1 Å². The largest absolute Gasteiger partial charge is 0.493 e. The molecule has 0 spiro atoms. The summed E-state index contributed by atoms with van der Waals surface area (Å²) in [7, 11) is 0. The van der Waals surface area contributed by atoms with Gasteiger partial charge in [0.05, 0.1) is 12.5 Å². The third-order valence-corrected chi connectivity index (χ3v) is 4.83. The summed E-state index contributed by atoms with van der Waals surface area (Å²) in [5.74, 6) is 0.256. The SMILES string of the molecule is Cc1cc(OCCc2ccc(C(C)C3CC(=O)NC3=O)cc2)cc(C)n1. The Kier molecular flexibility index (Phi) is 5.35. The number of hydrogen-bond acceptors (Lipinski definition) is 4. The van der Waals surface area contributed by atoms with E-state index in [2.05, 4.69) is 22.4 Å². The summed E-state index contributed by atoms with van der Waals surface area (Å²) in [5, 5.41) is 2.38. The maximum Gasteiger partial charge on any atom is 0.230 e. The van der Waals surface area contributed by atoms with Gasteiger partial charge in [-0.3, -0.25) is 19.9 Å². The average Bonchev–Trinajstić information content (AvgIpc) is 2.92. The van der Waals surface area contributed by atoms with E-state index < -0.39 is 0 Å². The fourth-order valence-corrected chi connectivity index (χ4v) is 3.36. The molecule has 3 rings (SSSR count). The molecule has 2 unspecified atom stereocenters. The van der Waals surface area contributed by atoms with E-state index in [1.807, 2.05) is 45.0 Å². The van der Waals surface area contributed by atoms with E-state index in [0.29, 0.717) is 6.61 Å². The number of carbonyl (C=O) groups excluding carboxylic acids is 2. The van der Waals surface area contributed by atoms with Gasteiger partial charge in [-0.15, -0.1) is 0 Å². The molecule has 1 aliphatic rings. The second-order valence-electron chi connectivity index (χ2n) is 6.94. The van der Waals surface area contributed by atoms with E-state index in [1.54, 1.807) is 0 Å². The Morgan fingerprint density at radius 3 is 2.38 bits per heavy atom. The van der Waals surface area contributed by atoms with Crippen LogP contribution in [0.25, 0.3) is 0 Å². The van der Waals surface area contributed by atoms with Gasteiger partial charge in [-0.1, -0.05) is 31.2 Å². The van der Waals surface area contributed by atoms with Crippen LogP contribution in [0.3, 0.4) is 0 Å². The van der Waals surface area contributed by atoms with Crippen LogP contribution in [-0.4, -0.2) is 23.4 Å². The van der Waals surface area contributed by atoms with Crippen LogP contribution < -0.4 is 10.1 Å². The number of ether oxygens (including phenoxy) is 1. The number of rotatable bonds is 6. The molecule has 1 saturated heterocycles. The Labute approximate surface area is 153 Å². The first-order valence-electron chi connectivity index (χ1n) is 8.93. The molecule has 0 aliphatic carbocycles. The van der Waals surface area contributed by atoms with Gasteiger partial charge < -0.3 is 4.74 Å². The number of hydrogen-bond donors (Lipinski definition) is 1. The Hall–Kier alpha value is -2.69. The minimum absolute atomic E-state index is 0.0227. The zero-order valence-electron chi connectivity index (χ0n) is 15.4. The van der Waals surface area contributed by atoms with Crippen molar-refractivity contribution in [1.82, 2.24) is 10.3 Å². The maximum atomic E-state index is 11.8. The summed E-state index contributed by atoms with van der Waals surface area (Å²) in [5.41, 5.74) is 4.15. The molecule has 26 heavy (non-hydrogen) atoms. The lowest BCUT2D eigenvalue weighted by atomic mass is 9.86. The molecular formula is C21H24N2O3. The van der Waals surface area contributed by atoms with Gasteiger partial charge >= 0.3 is 0 Å². The minimum atomic E-state index is -0.269. The molecule has 1 aromatic carbocycles. The maximum absolute atomic E-state index is 11.8. The number of carbonyl (C=O) groups is 2. The van der Waals surface area contributed by atoms with Gasteiger partial charge in [0.1, 0.15) is 5.75 Å². The average molecular weight is 352 g/mol. The Balaban J connectivity index is 1.56. The molecule has 1 aliphatic heterocycles. The third kappa shape index (κ3) is 4.28. The van der Waals surface area contributed by atoms with Gasteiger partial charge in [-0.05, 0) is 30.9 Å². The normalized spacial score (nSPS) is 17.9. The van der Waals surface area contributed by atoms with Crippen LogP contribution in [0.15, 0.2) is 36.4 Å². The van der Waals surface area contributed by atoms with Gasteiger partial charge in [-0.2, -0.15) is 0 Å². The molecule has 0 bridgehead atoms. The highest BCUT2D eigenvalue weighted by atomic mass is 16.5. The predicted octanol–water partition coefficient (Wildman–Crippen LogP) is 3.09. The molecule has 1 aromatic heterocycles. The first kappa shape index (κ1) is 18.1. The molecule has 1 N–H and O–H groups in total. The van der Waals surface area contributed by atoms with E-state index >= 15 is 0 Å². The minimum Gasteiger partial charge on any atom is -0.493 e. The summed E-state index contributed by atoms with van der Waals surface area (Å²) in [6, 6.07) is 12.1. The molecule has 0 radical (unpaired) electrons. The lowest BCUT2D eigenvalue weighted by Gasteiger charge is -2.17. The van der Waals surface area contributed by atoms with Crippen molar-refractivity contribution in [2.45, 2.75) is 39.5 Å². The predicted molar refractivity (Wildman–Crippen MR) is 99.0 cm³/mol. The number of pyridine rings is 1. The van der Waals surface area contributed by atoms with Crippen molar-refractivity contribution in [1.29, 1.82) is 0 Å². The quantitative estimate of drug-likeness (QED) is 0.811. The Bertz CT molecular complexity index is 794. The molecule has 2 heterocycles. The Morgan fingerprint density at radius 1 is 1.15 bits per heavy atom. The van der Waals surface area contributed by atoms with E-state index in [1.165, 1.54) is 5.56 Å². The third-order valence-electron chi connectivity index (χ3n) is 4.83. The fourth-order valence-electron chi connectivity index (χ4n) is 3.36. The first-order chi connectivity index (χ1) is 12.4. The second kappa shape index (κ2) is 7.68. The summed E-state index contributed by atoms with van der Waals surface area (Å²) >= 11 is 0. The van der Waals surface area contributed by atoms with Crippen molar-refractivity contribution in [3.8, 4) is 5.75 Å². The summed E-state index contributed by atoms with van der Waals surface area (Å²) in [4.78, 5) is 27.6. The zero-order valence-corrected chi connectivity index (χ0v) is 15.4.